The molecule has 0 aromatic rings. The van der Waals surface area contributed by atoms with Crippen molar-refractivity contribution in [1.82, 2.24) is 0 Å². The number of unbranched alkanes of at least 4 members (excludes halogenated alkanes) is 46. The summed E-state index contributed by atoms with van der Waals surface area (Å²) in [7, 11) is 0. The van der Waals surface area contributed by atoms with Gasteiger partial charge in [-0.15, -0.1) is 0 Å². The zero-order valence-electron chi connectivity index (χ0n) is 51.3. The van der Waals surface area contributed by atoms with Crippen molar-refractivity contribution in [1.29, 1.82) is 0 Å². The largest absolute Gasteiger partial charge is 0.462 e. The number of carbonyl (C=O) groups excluding carboxylic acids is 3. The van der Waals surface area contributed by atoms with Crippen LogP contribution in [0.15, 0.2) is 36.5 Å². The number of hydrogen-bond donors (Lipinski definition) is 0. The van der Waals surface area contributed by atoms with Crippen LogP contribution in [0.2, 0.25) is 0 Å². The van der Waals surface area contributed by atoms with Crippen LogP contribution in [0.4, 0.5) is 0 Å². The van der Waals surface area contributed by atoms with Crippen LogP contribution < -0.4 is 0 Å². The van der Waals surface area contributed by atoms with Crippen molar-refractivity contribution < 1.29 is 28.6 Å². The molecular weight excluding hydrogens is 937 g/mol. The molecule has 0 heterocycles. The van der Waals surface area contributed by atoms with E-state index in [9.17, 15) is 14.4 Å². The van der Waals surface area contributed by atoms with E-state index >= 15 is 0 Å². The molecule has 0 aromatic carbocycles. The predicted molar refractivity (Wildman–Crippen MR) is 330 cm³/mol. The van der Waals surface area contributed by atoms with Crippen LogP contribution in [0.1, 0.15) is 374 Å². The second kappa shape index (κ2) is 65.2. The molecule has 0 saturated carbocycles. The van der Waals surface area contributed by atoms with E-state index in [0.29, 0.717) is 19.3 Å². The summed E-state index contributed by atoms with van der Waals surface area (Å²) in [6.45, 7) is 6.68. The van der Waals surface area contributed by atoms with Gasteiger partial charge in [-0.3, -0.25) is 14.4 Å². The molecule has 0 aliphatic rings. The first-order chi connectivity index (χ1) is 37.5. The van der Waals surface area contributed by atoms with E-state index < -0.39 is 6.10 Å². The topological polar surface area (TPSA) is 78.9 Å². The summed E-state index contributed by atoms with van der Waals surface area (Å²) >= 11 is 0. The molecule has 0 radical (unpaired) electrons. The quantitative estimate of drug-likeness (QED) is 0.0261. The Morgan fingerprint density at radius 2 is 0.474 bits per heavy atom. The summed E-state index contributed by atoms with van der Waals surface area (Å²) in [5.41, 5.74) is 0. The molecule has 76 heavy (non-hydrogen) atoms. The second-order valence-electron chi connectivity index (χ2n) is 23.1. The molecule has 0 amide bonds. The highest BCUT2D eigenvalue weighted by molar-refractivity contribution is 5.71. The lowest BCUT2D eigenvalue weighted by Crippen LogP contribution is -2.30. The van der Waals surface area contributed by atoms with E-state index in [1.54, 1.807) is 0 Å². The maximum absolute atomic E-state index is 12.9. The molecule has 0 spiro atoms. The fourth-order valence-electron chi connectivity index (χ4n) is 10.2. The van der Waals surface area contributed by atoms with E-state index in [1.165, 1.54) is 263 Å². The number of ether oxygens (including phenoxy) is 3. The number of esters is 3. The first-order valence-corrected chi connectivity index (χ1v) is 34.0. The minimum Gasteiger partial charge on any atom is -0.462 e. The number of carbonyl (C=O) groups is 3. The molecule has 1 atom stereocenters. The van der Waals surface area contributed by atoms with Gasteiger partial charge in [0.15, 0.2) is 6.10 Å². The fraction of sp³-hybridized carbons (Fsp3) is 0.871. The van der Waals surface area contributed by atoms with E-state index in [4.69, 9.17) is 14.2 Å². The van der Waals surface area contributed by atoms with E-state index in [2.05, 4.69) is 57.2 Å². The van der Waals surface area contributed by atoms with Crippen LogP contribution in [0, 0.1) is 0 Å². The van der Waals surface area contributed by atoms with E-state index in [-0.39, 0.29) is 31.1 Å². The van der Waals surface area contributed by atoms with Crippen molar-refractivity contribution in [2.45, 2.75) is 380 Å². The Hall–Kier alpha value is -2.37. The molecule has 0 N–H and O–H groups in total. The monoisotopic (exact) mass is 1070 g/mol. The van der Waals surface area contributed by atoms with Crippen LogP contribution in [-0.2, 0) is 28.6 Å². The zero-order chi connectivity index (χ0) is 55.0. The minimum atomic E-state index is -0.773. The Bertz CT molecular complexity index is 1270. The number of hydrogen-bond acceptors (Lipinski definition) is 6. The van der Waals surface area contributed by atoms with Gasteiger partial charge in [0.05, 0.1) is 0 Å². The third kappa shape index (κ3) is 62.5. The molecule has 6 nitrogen and oxygen atoms in total. The van der Waals surface area contributed by atoms with Crippen LogP contribution in [0.5, 0.6) is 0 Å². The average Bonchev–Trinajstić information content (AvgIpc) is 3.42. The highest BCUT2D eigenvalue weighted by Gasteiger charge is 2.19. The molecule has 0 rings (SSSR count). The summed E-state index contributed by atoms with van der Waals surface area (Å²) < 4.78 is 17.0. The zero-order valence-corrected chi connectivity index (χ0v) is 51.3. The summed E-state index contributed by atoms with van der Waals surface area (Å²) in [6, 6.07) is 0. The maximum atomic E-state index is 12.9. The van der Waals surface area contributed by atoms with Gasteiger partial charge in [0.25, 0.3) is 0 Å². The average molecular weight is 1070 g/mol. The van der Waals surface area contributed by atoms with Gasteiger partial charge < -0.3 is 14.2 Å². The molecule has 446 valence electrons. The van der Waals surface area contributed by atoms with Crippen LogP contribution in [0.25, 0.3) is 0 Å². The van der Waals surface area contributed by atoms with Crippen LogP contribution >= 0.6 is 0 Å². The normalized spacial score (nSPS) is 12.2. The lowest BCUT2D eigenvalue weighted by atomic mass is 10.0. The molecule has 0 bridgehead atoms. The Balaban J connectivity index is 4.22. The molecule has 0 saturated heterocycles. The van der Waals surface area contributed by atoms with Gasteiger partial charge in [0.2, 0.25) is 0 Å². The summed E-state index contributed by atoms with van der Waals surface area (Å²) in [6.07, 6.45) is 80.2. The second-order valence-corrected chi connectivity index (χ2v) is 23.1. The number of rotatable bonds is 63. The third-order valence-electron chi connectivity index (χ3n) is 15.4. The van der Waals surface area contributed by atoms with Crippen molar-refractivity contribution in [2.75, 3.05) is 13.2 Å². The van der Waals surface area contributed by atoms with E-state index in [1.807, 2.05) is 0 Å². The van der Waals surface area contributed by atoms with Gasteiger partial charge in [0.1, 0.15) is 13.2 Å². The van der Waals surface area contributed by atoms with E-state index in [0.717, 1.165) is 70.6 Å². The molecule has 0 aliphatic heterocycles. The standard InChI is InChI=1S/C70H130O6/c1-4-7-10-13-16-19-22-25-28-30-31-32-33-34-35-36-37-38-39-41-42-45-48-51-54-57-60-63-69(72)75-66-67(65-74-68(71)62-59-56-53-50-47-44-27-24-21-18-15-12-9-6-3)76-70(73)64-61-58-55-52-49-46-43-40-29-26-23-20-17-14-11-8-5-2/h22,24-25,27,30-31,67H,4-21,23,26,28-29,32-66H2,1-3H3/b25-22-,27-24-,31-30-. The molecule has 0 fully saturated rings. The van der Waals surface area contributed by atoms with Gasteiger partial charge >= 0.3 is 17.9 Å². The summed E-state index contributed by atoms with van der Waals surface area (Å²) in [5.74, 6) is -0.851. The van der Waals surface area contributed by atoms with Crippen molar-refractivity contribution in [3.63, 3.8) is 0 Å². The summed E-state index contributed by atoms with van der Waals surface area (Å²) in [5, 5.41) is 0. The lowest BCUT2D eigenvalue weighted by Gasteiger charge is -2.18. The highest BCUT2D eigenvalue weighted by atomic mass is 16.6. The first kappa shape index (κ1) is 73.6. The Morgan fingerprint density at radius 3 is 0.737 bits per heavy atom. The molecular formula is C70H130O6. The Labute approximate surface area is 474 Å². The fourth-order valence-corrected chi connectivity index (χ4v) is 10.2. The Kier molecular flexibility index (Phi) is 63.1. The van der Waals surface area contributed by atoms with Gasteiger partial charge in [-0.1, -0.05) is 314 Å². The minimum absolute atomic E-state index is 0.0696. The molecule has 0 aromatic heterocycles. The van der Waals surface area contributed by atoms with Crippen molar-refractivity contribution in [2.24, 2.45) is 0 Å². The van der Waals surface area contributed by atoms with Crippen molar-refractivity contribution in [3.05, 3.63) is 36.5 Å². The van der Waals surface area contributed by atoms with Crippen LogP contribution in [-0.4, -0.2) is 37.2 Å². The summed E-state index contributed by atoms with van der Waals surface area (Å²) in [4.78, 5) is 38.3. The SMILES string of the molecule is CCCCCCC/C=C\C/C=C\CCCCCCCCCCCCCCCCCC(=O)OCC(COC(=O)CCCCCCC/C=C\CCCCCCC)OC(=O)CCCCCCCCCCCCCCCCCCC. The highest BCUT2D eigenvalue weighted by Crippen LogP contribution is 2.18. The van der Waals surface area contributed by atoms with Gasteiger partial charge in [0, 0.05) is 19.3 Å². The lowest BCUT2D eigenvalue weighted by molar-refractivity contribution is -0.167. The van der Waals surface area contributed by atoms with Gasteiger partial charge in [-0.2, -0.15) is 0 Å². The third-order valence-corrected chi connectivity index (χ3v) is 15.4. The van der Waals surface area contributed by atoms with Crippen molar-refractivity contribution in [3.8, 4) is 0 Å². The maximum Gasteiger partial charge on any atom is 0.306 e. The smallest absolute Gasteiger partial charge is 0.306 e. The van der Waals surface area contributed by atoms with Gasteiger partial charge in [-0.25, -0.2) is 0 Å². The molecule has 6 heteroatoms. The number of allylic oxidation sites excluding steroid dienone is 6. The van der Waals surface area contributed by atoms with Gasteiger partial charge in [-0.05, 0) is 77.0 Å². The Morgan fingerprint density at radius 1 is 0.263 bits per heavy atom. The van der Waals surface area contributed by atoms with Crippen molar-refractivity contribution >= 4 is 17.9 Å². The molecule has 1 unspecified atom stereocenters. The first-order valence-electron chi connectivity index (χ1n) is 34.0. The molecule has 0 aliphatic carbocycles. The predicted octanol–water partition coefficient (Wildman–Crippen LogP) is 23.2. The van der Waals surface area contributed by atoms with Crippen LogP contribution in [0.3, 0.4) is 0 Å².